The first-order chi connectivity index (χ1) is 13.6. The van der Waals surface area contributed by atoms with Crippen LogP contribution in [0.2, 0.25) is 0 Å². The summed E-state index contributed by atoms with van der Waals surface area (Å²) in [5.41, 5.74) is 1.20. The van der Waals surface area contributed by atoms with E-state index in [0.717, 1.165) is 49.8 Å². The van der Waals surface area contributed by atoms with Gasteiger partial charge in [-0.2, -0.15) is 0 Å². The van der Waals surface area contributed by atoms with Crippen molar-refractivity contribution >= 4 is 11.9 Å². The van der Waals surface area contributed by atoms with Crippen molar-refractivity contribution in [1.29, 1.82) is 0 Å². The van der Waals surface area contributed by atoms with E-state index in [1.165, 1.54) is 5.56 Å². The van der Waals surface area contributed by atoms with Gasteiger partial charge in [0.2, 0.25) is 5.91 Å². The molecule has 1 aromatic carbocycles. The number of ether oxygens (including phenoxy) is 2. The third-order valence-corrected chi connectivity index (χ3v) is 3.98. The Hall–Kier alpha value is -2.44. The lowest BCUT2D eigenvalue weighted by Crippen LogP contribution is -2.39. The van der Waals surface area contributed by atoms with Crippen molar-refractivity contribution < 1.29 is 14.3 Å². The van der Waals surface area contributed by atoms with E-state index in [0.29, 0.717) is 26.1 Å². The second-order valence-electron chi connectivity index (χ2n) is 6.31. The zero-order valence-electron chi connectivity index (χ0n) is 17.8. The lowest BCUT2D eigenvalue weighted by atomic mass is 10.1. The number of nitrogens with one attached hydrogen (secondary N) is 3. The largest absolute Gasteiger partial charge is 0.493 e. The number of amides is 1. The molecule has 7 heteroatoms. The summed E-state index contributed by atoms with van der Waals surface area (Å²) >= 11 is 0. The fraction of sp³-hybridized carbons (Fsp3) is 0.619. The Morgan fingerprint density at radius 2 is 1.89 bits per heavy atom. The van der Waals surface area contributed by atoms with Crippen LogP contribution < -0.4 is 25.4 Å². The average molecular weight is 393 g/mol. The van der Waals surface area contributed by atoms with Crippen molar-refractivity contribution in [3.8, 4) is 11.5 Å². The Kier molecular flexibility index (Phi) is 12.3. The molecule has 0 bridgehead atoms. The highest BCUT2D eigenvalue weighted by atomic mass is 16.5. The van der Waals surface area contributed by atoms with Gasteiger partial charge in [0.25, 0.3) is 0 Å². The van der Waals surface area contributed by atoms with Crippen LogP contribution in [0.4, 0.5) is 0 Å². The van der Waals surface area contributed by atoms with E-state index < -0.39 is 0 Å². The molecule has 0 atom stereocenters. The van der Waals surface area contributed by atoms with Gasteiger partial charge in [-0.05, 0) is 50.8 Å². The Balaban J connectivity index is 2.44. The highest BCUT2D eigenvalue weighted by molar-refractivity contribution is 5.81. The number of carbonyl (C=O) groups is 1. The van der Waals surface area contributed by atoms with Crippen LogP contribution in [0.3, 0.4) is 0 Å². The van der Waals surface area contributed by atoms with Crippen LogP contribution in [0.1, 0.15) is 45.6 Å². The van der Waals surface area contributed by atoms with Crippen molar-refractivity contribution in [2.45, 2.75) is 46.5 Å². The van der Waals surface area contributed by atoms with Gasteiger partial charge >= 0.3 is 0 Å². The van der Waals surface area contributed by atoms with E-state index in [2.05, 4.69) is 27.0 Å². The minimum absolute atomic E-state index is 0.0646. The number of guanidine groups is 1. The zero-order valence-corrected chi connectivity index (χ0v) is 17.8. The topological polar surface area (TPSA) is 84.0 Å². The maximum atomic E-state index is 11.6. The van der Waals surface area contributed by atoms with Crippen LogP contribution in [-0.2, 0) is 11.2 Å². The van der Waals surface area contributed by atoms with Gasteiger partial charge in [-0.25, -0.2) is 0 Å². The third kappa shape index (κ3) is 9.48. The molecule has 0 spiro atoms. The Bertz CT molecular complexity index is 605. The number of hydrogen-bond donors (Lipinski definition) is 3. The Morgan fingerprint density at radius 3 is 2.57 bits per heavy atom. The summed E-state index contributed by atoms with van der Waals surface area (Å²) in [6.45, 7) is 9.41. The lowest BCUT2D eigenvalue weighted by molar-refractivity contribution is -0.120. The van der Waals surface area contributed by atoms with Gasteiger partial charge in [0, 0.05) is 32.6 Å². The van der Waals surface area contributed by atoms with Gasteiger partial charge < -0.3 is 25.4 Å². The SMILES string of the molecule is CCCNC(=O)CCNC(=NCCCc1ccc(OC)c(OCC)c1)NCC. The second-order valence-corrected chi connectivity index (χ2v) is 6.31. The van der Waals surface area contributed by atoms with Gasteiger partial charge in [0.1, 0.15) is 0 Å². The first-order valence-electron chi connectivity index (χ1n) is 10.2. The van der Waals surface area contributed by atoms with E-state index in [1.807, 2.05) is 32.9 Å². The maximum Gasteiger partial charge on any atom is 0.221 e. The van der Waals surface area contributed by atoms with Crippen molar-refractivity contribution in [3.63, 3.8) is 0 Å². The summed E-state index contributed by atoms with van der Waals surface area (Å²) in [5, 5.41) is 9.29. The van der Waals surface area contributed by atoms with Crippen molar-refractivity contribution in [2.24, 2.45) is 4.99 Å². The lowest BCUT2D eigenvalue weighted by Gasteiger charge is -2.12. The Morgan fingerprint density at radius 1 is 1.07 bits per heavy atom. The normalized spacial score (nSPS) is 11.1. The molecule has 0 fully saturated rings. The second kappa shape index (κ2) is 14.6. The number of carbonyl (C=O) groups excluding carboxylic acids is 1. The number of methoxy groups -OCH3 is 1. The third-order valence-electron chi connectivity index (χ3n) is 3.98. The predicted octanol–water partition coefficient (Wildman–Crippen LogP) is 2.50. The smallest absolute Gasteiger partial charge is 0.221 e. The monoisotopic (exact) mass is 392 g/mol. The van der Waals surface area contributed by atoms with Crippen LogP contribution in [-0.4, -0.2) is 51.8 Å². The van der Waals surface area contributed by atoms with Crippen LogP contribution in [0, 0.1) is 0 Å². The molecule has 7 nitrogen and oxygen atoms in total. The molecule has 1 rings (SSSR count). The summed E-state index contributed by atoms with van der Waals surface area (Å²) < 4.78 is 10.9. The molecule has 0 heterocycles. The van der Waals surface area contributed by atoms with E-state index in [-0.39, 0.29) is 5.91 Å². The first-order valence-corrected chi connectivity index (χ1v) is 10.2. The number of rotatable bonds is 13. The quantitative estimate of drug-likeness (QED) is 0.273. The molecule has 0 unspecified atom stereocenters. The van der Waals surface area contributed by atoms with Gasteiger partial charge in [-0.1, -0.05) is 13.0 Å². The van der Waals surface area contributed by atoms with Crippen LogP contribution in [0.5, 0.6) is 11.5 Å². The highest BCUT2D eigenvalue weighted by Crippen LogP contribution is 2.28. The summed E-state index contributed by atoms with van der Waals surface area (Å²) in [5.74, 6) is 2.35. The standard InChI is InChI=1S/C21H36N4O3/c1-5-13-23-20(26)12-15-25-21(22-6-2)24-14-8-9-17-10-11-18(27-4)19(16-17)28-7-3/h10-11,16H,5-9,12-15H2,1-4H3,(H,23,26)(H2,22,24,25). The summed E-state index contributed by atoms with van der Waals surface area (Å²) in [6, 6.07) is 6.03. The van der Waals surface area contributed by atoms with Crippen molar-refractivity contribution in [3.05, 3.63) is 23.8 Å². The molecule has 158 valence electrons. The summed E-state index contributed by atoms with van der Waals surface area (Å²) in [4.78, 5) is 16.2. The first kappa shape index (κ1) is 23.6. The molecule has 1 amide bonds. The van der Waals surface area contributed by atoms with Gasteiger partial charge in [-0.3, -0.25) is 9.79 Å². The molecule has 0 aliphatic heterocycles. The number of aryl methyl sites for hydroxylation is 1. The molecule has 0 aliphatic carbocycles. The molecule has 0 aliphatic rings. The molecular weight excluding hydrogens is 356 g/mol. The van der Waals surface area contributed by atoms with Crippen LogP contribution >= 0.6 is 0 Å². The number of hydrogen-bond acceptors (Lipinski definition) is 4. The molecule has 0 saturated carbocycles. The number of benzene rings is 1. The minimum atomic E-state index is 0.0646. The predicted molar refractivity (Wildman–Crippen MR) is 114 cm³/mol. The maximum absolute atomic E-state index is 11.6. The molecule has 0 saturated heterocycles. The fourth-order valence-corrected chi connectivity index (χ4v) is 2.61. The van der Waals surface area contributed by atoms with Gasteiger partial charge in [0.05, 0.1) is 13.7 Å². The highest BCUT2D eigenvalue weighted by Gasteiger charge is 2.05. The van der Waals surface area contributed by atoms with E-state index >= 15 is 0 Å². The molecular formula is C21H36N4O3. The van der Waals surface area contributed by atoms with E-state index in [9.17, 15) is 4.79 Å². The number of nitrogens with zero attached hydrogens (tertiary/aromatic N) is 1. The fourth-order valence-electron chi connectivity index (χ4n) is 2.61. The molecule has 1 aromatic rings. The summed E-state index contributed by atoms with van der Waals surface area (Å²) in [7, 11) is 1.65. The molecule has 0 aromatic heterocycles. The Labute approximate surface area is 169 Å². The van der Waals surface area contributed by atoms with Crippen LogP contribution in [0.15, 0.2) is 23.2 Å². The molecule has 3 N–H and O–H groups in total. The van der Waals surface area contributed by atoms with Gasteiger partial charge in [0.15, 0.2) is 17.5 Å². The van der Waals surface area contributed by atoms with E-state index in [4.69, 9.17) is 9.47 Å². The van der Waals surface area contributed by atoms with E-state index in [1.54, 1.807) is 7.11 Å². The minimum Gasteiger partial charge on any atom is -0.493 e. The average Bonchev–Trinajstić information content (AvgIpc) is 2.70. The zero-order chi connectivity index (χ0) is 20.6. The number of aliphatic imine (C=N–C) groups is 1. The van der Waals surface area contributed by atoms with Crippen LogP contribution in [0.25, 0.3) is 0 Å². The molecule has 28 heavy (non-hydrogen) atoms. The van der Waals surface area contributed by atoms with Crippen molar-refractivity contribution in [2.75, 3.05) is 39.9 Å². The molecule has 0 radical (unpaired) electrons. The van der Waals surface area contributed by atoms with Gasteiger partial charge in [-0.15, -0.1) is 0 Å². The van der Waals surface area contributed by atoms with Crippen molar-refractivity contribution in [1.82, 2.24) is 16.0 Å². The summed E-state index contributed by atoms with van der Waals surface area (Å²) in [6.07, 6.45) is 3.22.